The molecule has 0 atom stereocenters. The van der Waals surface area contributed by atoms with Gasteiger partial charge in [0.25, 0.3) is 0 Å². The first-order chi connectivity index (χ1) is 13.7. The lowest BCUT2D eigenvalue weighted by Gasteiger charge is -2.08. The summed E-state index contributed by atoms with van der Waals surface area (Å²) in [5.41, 5.74) is 0.938. The minimum atomic E-state index is -0.472. The van der Waals surface area contributed by atoms with Crippen molar-refractivity contribution in [1.82, 2.24) is 5.32 Å². The van der Waals surface area contributed by atoms with Gasteiger partial charge in [0.05, 0.1) is 26.4 Å². The Balaban J connectivity index is 1.82. The third kappa shape index (κ3) is 14.0. The highest BCUT2D eigenvalue weighted by Gasteiger charge is 2.03. The summed E-state index contributed by atoms with van der Waals surface area (Å²) in [4.78, 5) is 23.0. The van der Waals surface area contributed by atoms with Gasteiger partial charge in [-0.05, 0) is 12.0 Å². The number of hydrogen-bond donors (Lipinski definition) is 1. The lowest BCUT2D eigenvalue weighted by Crippen LogP contribution is -2.28. The van der Waals surface area contributed by atoms with Crippen molar-refractivity contribution in [2.45, 2.75) is 45.6 Å². The number of unbranched alkanes of at least 4 members (excludes halogenated alkanes) is 3. The SMILES string of the molecule is CCCCCCC(=O)OCCOCCOCCNC(=O)OCc1ccccc1. The summed E-state index contributed by atoms with van der Waals surface area (Å²) in [7, 11) is 0. The van der Waals surface area contributed by atoms with Gasteiger partial charge in [-0.1, -0.05) is 56.5 Å². The van der Waals surface area contributed by atoms with Crippen LogP contribution in [0.1, 0.15) is 44.6 Å². The average molecular weight is 395 g/mol. The monoisotopic (exact) mass is 395 g/mol. The molecule has 7 nitrogen and oxygen atoms in total. The van der Waals surface area contributed by atoms with Crippen LogP contribution in [0.15, 0.2) is 30.3 Å². The minimum absolute atomic E-state index is 0.166. The smallest absolute Gasteiger partial charge is 0.407 e. The van der Waals surface area contributed by atoms with Crippen molar-refractivity contribution < 1.29 is 28.5 Å². The molecule has 7 heteroatoms. The van der Waals surface area contributed by atoms with Crippen molar-refractivity contribution in [2.24, 2.45) is 0 Å². The van der Waals surface area contributed by atoms with Crippen LogP contribution in [0.5, 0.6) is 0 Å². The van der Waals surface area contributed by atoms with Gasteiger partial charge in [-0.2, -0.15) is 0 Å². The Labute approximate surface area is 167 Å². The van der Waals surface area contributed by atoms with E-state index >= 15 is 0 Å². The molecule has 0 unspecified atom stereocenters. The highest BCUT2D eigenvalue weighted by molar-refractivity contribution is 5.69. The Kier molecular flexibility index (Phi) is 14.5. The molecule has 28 heavy (non-hydrogen) atoms. The van der Waals surface area contributed by atoms with Crippen LogP contribution in [0, 0.1) is 0 Å². The molecule has 1 N–H and O–H groups in total. The molecule has 0 aliphatic rings. The number of ether oxygens (including phenoxy) is 4. The van der Waals surface area contributed by atoms with E-state index in [1.807, 2.05) is 30.3 Å². The fourth-order valence-corrected chi connectivity index (χ4v) is 2.30. The zero-order valence-electron chi connectivity index (χ0n) is 16.8. The summed E-state index contributed by atoms with van der Waals surface area (Å²) in [6.45, 7) is 4.55. The molecular formula is C21H33NO6. The summed E-state index contributed by atoms with van der Waals surface area (Å²) in [5, 5.41) is 2.62. The third-order valence-corrected chi connectivity index (χ3v) is 3.83. The van der Waals surface area contributed by atoms with E-state index in [1.54, 1.807) is 0 Å². The minimum Gasteiger partial charge on any atom is -0.463 e. The van der Waals surface area contributed by atoms with Gasteiger partial charge in [-0.3, -0.25) is 4.79 Å². The molecule has 158 valence electrons. The second-order valence-electron chi connectivity index (χ2n) is 6.24. The predicted octanol–water partition coefficient (Wildman–Crippen LogP) is 3.46. The molecular weight excluding hydrogens is 362 g/mol. The van der Waals surface area contributed by atoms with Crippen LogP contribution in [0.3, 0.4) is 0 Å². The first kappa shape index (κ1) is 23.9. The van der Waals surface area contributed by atoms with Gasteiger partial charge in [0.1, 0.15) is 13.2 Å². The van der Waals surface area contributed by atoms with Gasteiger partial charge in [-0.25, -0.2) is 4.79 Å². The van der Waals surface area contributed by atoms with Crippen LogP contribution in [0.25, 0.3) is 0 Å². The number of esters is 1. The molecule has 1 aromatic carbocycles. The standard InChI is InChI=1S/C21H33NO6/c1-2-3-4-8-11-20(23)27-17-16-26-15-14-25-13-12-22-21(24)28-18-19-9-6-5-7-10-19/h5-7,9-10H,2-4,8,11-18H2,1H3,(H,22,24). The molecule has 1 amide bonds. The van der Waals surface area contributed by atoms with Crippen LogP contribution in [0.4, 0.5) is 4.79 Å². The zero-order valence-corrected chi connectivity index (χ0v) is 16.8. The number of carbonyl (C=O) groups is 2. The van der Waals surface area contributed by atoms with Crippen molar-refractivity contribution in [1.29, 1.82) is 0 Å². The van der Waals surface area contributed by atoms with Gasteiger partial charge >= 0.3 is 12.1 Å². The fraction of sp³-hybridized carbons (Fsp3) is 0.619. The lowest BCUT2D eigenvalue weighted by atomic mass is 10.2. The summed E-state index contributed by atoms with van der Waals surface area (Å²) >= 11 is 0. The number of nitrogens with one attached hydrogen (secondary N) is 1. The number of benzene rings is 1. The van der Waals surface area contributed by atoms with E-state index in [2.05, 4.69) is 12.2 Å². The summed E-state index contributed by atoms with van der Waals surface area (Å²) < 4.78 is 20.8. The number of carbonyl (C=O) groups excluding carboxylic acids is 2. The van der Waals surface area contributed by atoms with Crippen molar-refractivity contribution in [3.05, 3.63) is 35.9 Å². The van der Waals surface area contributed by atoms with Crippen molar-refractivity contribution in [3.8, 4) is 0 Å². The highest BCUT2D eigenvalue weighted by atomic mass is 16.6. The molecule has 0 aliphatic carbocycles. The first-order valence-corrected chi connectivity index (χ1v) is 9.98. The van der Waals surface area contributed by atoms with Crippen LogP contribution in [0.2, 0.25) is 0 Å². The summed E-state index contributed by atoms with van der Waals surface area (Å²) in [6.07, 6.45) is 4.26. The molecule has 0 aliphatic heterocycles. The molecule has 1 aromatic rings. The molecule has 0 saturated heterocycles. The van der Waals surface area contributed by atoms with E-state index in [1.165, 1.54) is 0 Å². The molecule has 0 radical (unpaired) electrons. The second-order valence-corrected chi connectivity index (χ2v) is 6.24. The maximum atomic E-state index is 11.5. The van der Waals surface area contributed by atoms with E-state index in [0.717, 1.165) is 31.2 Å². The van der Waals surface area contributed by atoms with Gasteiger partial charge < -0.3 is 24.3 Å². The van der Waals surface area contributed by atoms with Gasteiger partial charge in [0.2, 0.25) is 0 Å². The maximum Gasteiger partial charge on any atom is 0.407 e. The predicted molar refractivity (Wildman–Crippen MR) is 106 cm³/mol. The lowest BCUT2D eigenvalue weighted by molar-refractivity contribution is -0.145. The Hall–Kier alpha value is -2.12. The Morgan fingerprint density at radius 2 is 1.57 bits per heavy atom. The maximum absolute atomic E-state index is 11.5. The van der Waals surface area contributed by atoms with Crippen molar-refractivity contribution in [2.75, 3.05) is 39.6 Å². The highest BCUT2D eigenvalue weighted by Crippen LogP contribution is 2.03. The second kappa shape index (κ2) is 17.0. The van der Waals surface area contributed by atoms with Crippen LogP contribution in [-0.2, 0) is 30.3 Å². The zero-order chi connectivity index (χ0) is 20.3. The van der Waals surface area contributed by atoms with Crippen LogP contribution in [-0.4, -0.2) is 51.6 Å². The largest absolute Gasteiger partial charge is 0.463 e. The molecule has 0 spiro atoms. The number of hydrogen-bond acceptors (Lipinski definition) is 6. The molecule has 0 heterocycles. The number of amides is 1. The molecule has 0 aromatic heterocycles. The molecule has 0 fully saturated rings. The van der Waals surface area contributed by atoms with Crippen molar-refractivity contribution >= 4 is 12.1 Å². The van der Waals surface area contributed by atoms with E-state index < -0.39 is 6.09 Å². The fourth-order valence-electron chi connectivity index (χ4n) is 2.30. The number of rotatable bonds is 16. The quantitative estimate of drug-likeness (QED) is 0.341. The molecule has 0 bridgehead atoms. The van der Waals surface area contributed by atoms with E-state index in [-0.39, 0.29) is 19.2 Å². The van der Waals surface area contributed by atoms with E-state index in [4.69, 9.17) is 18.9 Å². The van der Waals surface area contributed by atoms with Crippen LogP contribution < -0.4 is 5.32 Å². The first-order valence-electron chi connectivity index (χ1n) is 9.98. The summed E-state index contributed by atoms with van der Waals surface area (Å²) in [6, 6.07) is 9.49. The van der Waals surface area contributed by atoms with Crippen molar-refractivity contribution in [3.63, 3.8) is 0 Å². The van der Waals surface area contributed by atoms with Gasteiger partial charge in [0, 0.05) is 13.0 Å². The summed E-state index contributed by atoms with van der Waals surface area (Å²) in [5.74, 6) is -0.166. The van der Waals surface area contributed by atoms with Gasteiger partial charge in [0.15, 0.2) is 0 Å². The van der Waals surface area contributed by atoms with E-state index in [9.17, 15) is 9.59 Å². The molecule has 1 rings (SSSR count). The normalized spacial score (nSPS) is 10.5. The third-order valence-electron chi connectivity index (χ3n) is 3.83. The van der Waals surface area contributed by atoms with E-state index in [0.29, 0.717) is 39.4 Å². The Bertz CT molecular complexity index is 523. The topological polar surface area (TPSA) is 83.1 Å². The van der Waals surface area contributed by atoms with Gasteiger partial charge in [-0.15, -0.1) is 0 Å². The number of alkyl carbamates (subject to hydrolysis) is 1. The Morgan fingerprint density at radius 3 is 2.32 bits per heavy atom. The Morgan fingerprint density at radius 1 is 0.857 bits per heavy atom. The molecule has 0 saturated carbocycles. The average Bonchev–Trinajstić information content (AvgIpc) is 2.72. The van der Waals surface area contributed by atoms with Crippen LogP contribution >= 0.6 is 0 Å².